The van der Waals surface area contributed by atoms with Crippen LogP contribution < -0.4 is 21.1 Å². The summed E-state index contributed by atoms with van der Waals surface area (Å²) in [4.78, 5) is 28.9. The molecule has 2 heterocycles. The highest BCUT2D eigenvalue weighted by molar-refractivity contribution is 7.11. The van der Waals surface area contributed by atoms with E-state index in [0.29, 0.717) is 6.54 Å². The number of aliphatic hydroxyl groups is 1. The first-order valence-electron chi connectivity index (χ1n) is 12.3. The second-order valence-electron chi connectivity index (χ2n) is 8.89. The van der Waals surface area contributed by atoms with Gasteiger partial charge in [0.25, 0.3) is 5.91 Å². The number of aliphatic hydroxyl groups excluding tert-OH is 1. The van der Waals surface area contributed by atoms with Crippen LogP contribution in [0.15, 0.2) is 12.1 Å². The lowest BCUT2D eigenvalue weighted by atomic mass is 10.1. The molecule has 0 radical (unpaired) electrons. The number of hydrogen-bond acceptors (Lipinski definition) is 8. The summed E-state index contributed by atoms with van der Waals surface area (Å²) in [6.07, 6.45) is 2.78. The Hall–Kier alpha value is -2.87. The molecule has 0 saturated carbocycles. The number of nitrogens with one attached hydrogen (secondary N) is 2. The summed E-state index contributed by atoms with van der Waals surface area (Å²) in [5.41, 5.74) is 5.44. The van der Waals surface area contributed by atoms with Gasteiger partial charge in [0.2, 0.25) is 5.88 Å². The van der Waals surface area contributed by atoms with Crippen molar-refractivity contribution < 1.29 is 28.2 Å². The topological polar surface area (TPSA) is 133 Å². The Morgan fingerprint density at radius 1 is 1.11 bits per heavy atom. The maximum Gasteiger partial charge on any atom is 0.319 e. The predicted molar refractivity (Wildman–Crippen MR) is 137 cm³/mol. The highest BCUT2D eigenvalue weighted by Gasteiger charge is 2.22. The van der Waals surface area contributed by atoms with E-state index >= 15 is 0 Å². The minimum absolute atomic E-state index is 0.0391. The van der Waals surface area contributed by atoms with Gasteiger partial charge in [-0.1, -0.05) is 6.42 Å². The van der Waals surface area contributed by atoms with E-state index in [4.69, 9.17) is 15.6 Å². The number of nitrogens with zero attached hydrogens (tertiary/aromatic N) is 3. The minimum atomic E-state index is -0.869. The lowest BCUT2D eigenvalue weighted by Gasteiger charge is -2.34. The molecule has 1 aliphatic heterocycles. The molecule has 0 unspecified atom stereocenters. The van der Waals surface area contributed by atoms with Crippen LogP contribution in [0.5, 0.6) is 5.88 Å². The van der Waals surface area contributed by atoms with Crippen LogP contribution in [0.3, 0.4) is 0 Å². The van der Waals surface area contributed by atoms with Crippen LogP contribution in [0.2, 0.25) is 0 Å². The van der Waals surface area contributed by atoms with Crippen molar-refractivity contribution >= 4 is 28.5 Å². The average molecular weight is 541 g/mol. The predicted octanol–water partition coefficient (Wildman–Crippen LogP) is 2.31. The third-order valence-electron chi connectivity index (χ3n) is 6.14. The van der Waals surface area contributed by atoms with Gasteiger partial charge in [-0.05, 0) is 55.5 Å². The number of piperazine rings is 1. The summed E-state index contributed by atoms with van der Waals surface area (Å²) < 4.78 is 37.2. The van der Waals surface area contributed by atoms with E-state index in [9.17, 15) is 18.4 Å². The molecule has 0 bridgehead atoms. The Morgan fingerprint density at radius 3 is 2.49 bits per heavy atom. The van der Waals surface area contributed by atoms with Crippen molar-refractivity contribution in [3.8, 4) is 5.88 Å². The van der Waals surface area contributed by atoms with Crippen LogP contribution >= 0.6 is 11.5 Å². The number of aromatic nitrogens is 1. The van der Waals surface area contributed by atoms with E-state index in [-0.39, 0.29) is 40.8 Å². The van der Waals surface area contributed by atoms with Gasteiger partial charge in [-0.25, -0.2) is 13.6 Å². The number of carbonyl (C=O) groups excluding carboxylic acids is 2. The van der Waals surface area contributed by atoms with E-state index < -0.39 is 23.6 Å². The largest absolute Gasteiger partial charge is 0.471 e. The number of rotatable bonds is 13. The van der Waals surface area contributed by atoms with E-state index in [1.165, 1.54) is 6.92 Å². The number of halogens is 2. The second kappa shape index (κ2) is 14.2. The van der Waals surface area contributed by atoms with E-state index in [1.54, 1.807) is 0 Å². The van der Waals surface area contributed by atoms with Crippen LogP contribution in [0.4, 0.5) is 18.6 Å². The lowest BCUT2D eigenvalue weighted by Crippen LogP contribution is -2.47. The number of aryl methyl sites for hydroxylation is 1. The Kier molecular flexibility index (Phi) is 11.0. The number of benzene rings is 1. The molecule has 3 amide bonds. The molecule has 0 atom stereocenters. The molecule has 0 spiro atoms. The summed E-state index contributed by atoms with van der Waals surface area (Å²) in [6, 6.07) is 1.57. The fraction of sp³-hybridized carbons (Fsp3) is 0.542. The first-order valence-corrected chi connectivity index (χ1v) is 13.0. The number of urea groups is 1. The first kappa shape index (κ1) is 28.7. The fourth-order valence-electron chi connectivity index (χ4n) is 3.99. The SMILES string of the molecule is Cc1cc(F)c(COc2nsc(NC(=O)NCCCCCN3CCN(CCO)CC3)c2C(N)=O)cc1F. The molecule has 1 aliphatic rings. The van der Waals surface area contributed by atoms with Crippen molar-refractivity contribution in [3.63, 3.8) is 0 Å². The molecule has 0 aliphatic carbocycles. The van der Waals surface area contributed by atoms with Gasteiger partial charge in [-0.3, -0.25) is 15.0 Å². The van der Waals surface area contributed by atoms with E-state index in [1.807, 2.05) is 0 Å². The highest BCUT2D eigenvalue weighted by Crippen LogP contribution is 2.31. The summed E-state index contributed by atoms with van der Waals surface area (Å²) in [7, 11) is 0. The number of hydrogen-bond donors (Lipinski definition) is 4. The number of ether oxygens (including phenoxy) is 1. The van der Waals surface area contributed by atoms with Crippen LogP contribution in [0.1, 0.15) is 40.7 Å². The molecule has 5 N–H and O–H groups in total. The lowest BCUT2D eigenvalue weighted by molar-refractivity contribution is 0.0996. The van der Waals surface area contributed by atoms with Gasteiger partial charge < -0.3 is 25.8 Å². The van der Waals surface area contributed by atoms with Crippen LogP contribution in [-0.2, 0) is 6.61 Å². The Balaban J connectivity index is 1.39. The van der Waals surface area contributed by atoms with Crippen molar-refractivity contribution in [2.24, 2.45) is 5.73 Å². The van der Waals surface area contributed by atoms with Gasteiger partial charge in [0, 0.05) is 44.8 Å². The van der Waals surface area contributed by atoms with Crippen LogP contribution in [-0.4, -0.2) is 83.6 Å². The number of carbonyl (C=O) groups is 2. The maximum atomic E-state index is 14.1. The van der Waals surface area contributed by atoms with Crippen molar-refractivity contribution in [1.29, 1.82) is 0 Å². The van der Waals surface area contributed by atoms with Crippen LogP contribution in [0.25, 0.3) is 0 Å². The Labute approximate surface area is 218 Å². The second-order valence-corrected chi connectivity index (χ2v) is 9.66. The Morgan fingerprint density at radius 2 is 1.81 bits per heavy atom. The number of unbranched alkanes of at least 4 members (excludes halogenated alkanes) is 2. The van der Waals surface area contributed by atoms with E-state index in [0.717, 1.165) is 82.2 Å². The molecule has 1 aromatic heterocycles. The summed E-state index contributed by atoms with van der Waals surface area (Å²) >= 11 is 0.806. The zero-order chi connectivity index (χ0) is 26.8. The number of primary amides is 1. The Bertz CT molecular complexity index is 1060. The molecule has 1 fully saturated rings. The summed E-state index contributed by atoms with van der Waals surface area (Å²) in [5.74, 6) is -2.25. The van der Waals surface area contributed by atoms with Crippen molar-refractivity contribution in [1.82, 2.24) is 19.5 Å². The molecular weight excluding hydrogens is 506 g/mol. The van der Waals surface area contributed by atoms with Crippen molar-refractivity contribution in [2.75, 3.05) is 57.7 Å². The zero-order valence-corrected chi connectivity index (χ0v) is 21.7. The highest BCUT2D eigenvalue weighted by atomic mass is 32.1. The standard InChI is InChI=1S/C24H34F2N6O4S/c1-16-13-19(26)17(14-18(16)25)15-36-22-20(21(27)34)23(37-30-22)29-24(35)28-5-3-2-4-6-31-7-9-32(10-8-31)11-12-33/h13-14,33H,2-12,15H2,1H3,(H2,27,34)(H2,28,29,35). The fourth-order valence-corrected chi connectivity index (χ4v) is 4.72. The number of nitrogens with two attached hydrogens (primary N) is 1. The quantitative estimate of drug-likeness (QED) is 0.287. The van der Waals surface area contributed by atoms with E-state index in [2.05, 4.69) is 24.8 Å². The third-order valence-corrected chi connectivity index (χ3v) is 6.89. The maximum absolute atomic E-state index is 14.1. The molecule has 1 saturated heterocycles. The molecular formula is C24H34F2N6O4S. The molecule has 3 rings (SSSR count). The van der Waals surface area contributed by atoms with Crippen molar-refractivity contribution in [2.45, 2.75) is 32.8 Å². The van der Waals surface area contributed by atoms with Gasteiger partial charge in [0.1, 0.15) is 28.8 Å². The molecule has 13 heteroatoms. The van der Waals surface area contributed by atoms with Gasteiger partial charge in [-0.2, -0.15) is 4.37 Å². The van der Waals surface area contributed by atoms with Gasteiger partial charge in [0.05, 0.1) is 6.61 Å². The average Bonchev–Trinajstić information content (AvgIpc) is 3.26. The number of anilines is 1. The number of β-amino-alcohol motifs (C(OH)–C–C–N with tert-alkyl or cyclic N) is 1. The van der Waals surface area contributed by atoms with Gasteiger partial charge in [-0.15, -0.1) is 0 Å². The first-order chi connectivity index (χ1) is 17.8. The molecule has 10 nitrogen and oxygen atoms in total. The summed E-state index contributed by atoms with van der Waals surface area (Å²) in [5, 5.41) is 14.4. The number of amides is 3. The van der Waals surface area contributed by atoms with Gasteiger partial charge in [0.15, 0.2) is 0 Å². The zero-order valence-electron chi connectivity index (χ0n) is 20.9. The monoisotopic (exact) mass is 540 g/mol. The minimum Gasteiger partial charge on any atom is -0.471 e. The third kappa shape index (κ3) is 8.59. The van der Waals surface area contributed by atoms with Crippen LogP contribution in [0, 0.1) is 18.6 Å². The molecule has 1 aromatic carbocycles. The van der Waals surface area contributed by atoms with Gasteiger partial charge >= 0.3 is 6.03 Å². The molecule has 37 heavy (non-hydrogen) atoms. The molecule has 2 aromatic rings. The van der Waals surface area contributed by atoms with Crippen molar-refractivity contribution in [3.05, 3.63) is 40.5 Å². The smallest absolute Gasteiger partial charge is 0.319 e. The normalized spacial score (nSPS) is 14.5. The summed E-state index contributed by atoms with van der Waals surface area (Å²) in [6.45, 7) is 7.42. The molecule has 204 valence electrons.